The maximum absolute atomic E-state index is 10.1. The van der Waals surface area contributed by atoms with Gasteiger partial charge in [-0.25, -0.2) is 0 Å². The molecule has 1 aromatic heterocycles. The molecule has 1 heterocycles. The summed E-state index contributed by atoms with van der Waals surface area (Å²) in [5, 5.41) is 15.4. The maximum atomic E-state index is 10.1. The second-order valence-electron chi connectivity index (χ2n) is 4.18. The fourth-order valence-electron chi connectivity index (χ4n) is 1.74. The Morgan fingerprint density at radius 2 is 2.11 bits per heavy atom. The van der Waals surface area contributed by atoms with Gasteiger partial charge in [-0.15, -0.1) is 11.3 Å². The molecule has 0 aliphatic carbocycles. The van der Waals surface area contributed by atoms with Crippen molar-refractivity contribution in [2.75, 3.05) is 13.7 Å². The molecule has 102 valence electrons. The molecule has 0 radical (unpaired) electrons. The number of benzene rings is 1. The molecule has 0 bridgehead atoms. The smallest absolute Gasteiger partial charge is 0.118 e. The molecule has 0 saturated carbocycles. The molecular formula is C14H16BrNO2S. The van der Waals surface area contributed by atoms with E-state index in [4.69, 9.17) is 4.74 Å². The lowest BCUT2D eigenvalue weighted by Gasteiger charge is -2.12. The number of hydrogen-bond donors (Lipinski definition) is 2. The van der Waals surface area contributed by atoms with E-state index >= 15 is 0 Å². The zero-order valence-corrected chi connectivity index (χ0v) is 13.0. The molecular weight excluding hydrogens is 326 g/mol. The standard InChI is InChI=1S/C14H16BrNO2S/c1-18-12-4-2-11(3-5-12)13(17)8-16-7-10-6-14(15)19-9-10/h2-6,9,13,16-17H,7-8H2,1H3. The van der Waals surface area contributed by atoms with Crippen LogP contribution in [0.4, 0.5) is 0 Å². The first-order chi connectivity index (χ1) is 9.19. The van der Waals surface area contributed by atoms with Crippen molar-refractivity contribution in [1.82, 2.24) is 5.32 Å². The third-order valence-corrected chi connectivity index (χ3v) is 4.34. The van der Waals surface area contributed by atoms with Crippen molar-refractivity contribution in [3.05, 3.63) is 50.6 Å². The third kappa shape index (κ3) is 4.31. The number of methoxy groups -OCH3 is 1. The molecule has 2 N–H and O–H groups in total. The first-order valence-electron chi connectivity index (χ1n) is 5.94. The number of aliphatic hydroxyl groups is 1. The summed E-state index contributed by atoms with van der Waals surface area (Å²) >= 11 is 5.10. The molecule has 0 fully saturated rings. The van der Waals surface area contributed by atoms with Crippen LogP contribution in [0, 0.1) is 0 Å². The van der Waals surface area contributed by atoms with Crippen molar-refractivity contribution in [2.24, 2.45) is 0 Å². The molecule has 0 aliphatic heterocycles. The summed E-state index contributed by atoms with van der Waals surface area (Å²) in [6.07, 6.45) is -0.506. The Morgan fingerprint density at radius 1 is 1.37 bits per heavy atom. The molecule has 1 unspecified atom stereocenters. The van der Waals surface area contributed by atoms with E-state index in [1.54, 1.807) is 18.4 Å². The normalized spacial score (nSPS) is 12.4. The highest BCUT2D eigenvalue weighted by molar-refractivity contribution is 9.11. The molecule has 0 amide bonds. The molecule has 5 heteroatoms. The highest BCUT2D eigenvalue weighted by Gasteiger charge is 2.07. The van der Waals surface area contributed by atoms with Gasteiger partial charge in [-0.05, 0) is 50.6 Å². The molecule has 1 aromatic carbocycles. The van der Waals surface area contributed by atoms with Crippen LogP contribution >= 0.6 is 27.3 Å². The van der Waals surface area contributed by atoms with Gasteiger partial charge in [0.15, 0.2) is 0 Å². The fraction of sp³-hybridized carbons (Fsp3) is 0.286. The molecule has 0 saturated heterocycles. The van der Waals surface area contributed by atoms with Crippen LogP contribution < -0.4 is 10.1 Å². The van der Waals surface area contributed by atoms with E-state index in [0.29, 0.717) is 6.54 Å². The van der Waals surface area contributed by atoms with E-state index in [1.165, 1.54) is 5.56 Å². The monoisotopic (exact) mass is 341 g/mol. The van der Waals surface area contributed by atoms with Crippen LogP contribution in [-0.2, 0) is 6.54 Å². The number of rotatable bonds is 6. The Morgan fingerprint density at radius 3 is 2.68 bits per heavy atom. The predicted molar refractivity (Wildman–Crippen MR) is 81.7 cm³/mol. The Bertz CT molecular complexity index is 512. The summed E-state index contributed by atoms with van der Waals surface area (Å²) in [7, 11) is 1.63. The minimum Gasteiger partial charge on any atom is -0.497 e. The van der Waals surface area contributed by atoms with E-state index in [1.807, 2.05) is 24.3 Å². The second-order valence-corrected chi connectivity index (χ2v) is 6.47. The van der Waals surface area contributed by atoms with E-state index in [-0.39, 0.29) is 0 Å². The van der Waals surface area contributed by atoms with Gasteiger partial charge in [0.2, 0.25) is 0 Å². The second kappa shape index (κ2) is 7.05. The van der Waals surface area contributed by atoms with Crippen LogP contribution in [0.5, 0.6) is 5.75 Å². The average molecular weight is 342 g/mol. The van der Waals surface area contributed by atoms with Gasteiger partial charge in [-0.1, -0.05) is 12.1 Å². The number of aliphatic hydroxyl groups excluding tert-OH is 1. The van der Waals surface area contributed by atoms with Gasteiger partial charge < -0.3 is 15.2 Å². The van der Waals surface area contributed by atoms with Gasteiger partial charge in [0.1, 0.15) is 5.75 Å². The first kappa shape index (κ1) is 14.5. The maximum Gasteiger partial charge on any atom is 0.118 e. The number of ether oxygens (including phenoxy) is 1. The molecule has 2 aromatic rings. The van der Waals surface area contributed by atoms with E-state index in [2.05, 4.69) is 32.7 Å². The Kier molecular flexibility index (Phi) is 5.39. The molecule has 0 spiro atoms. The topological polar surface area (TPSA) is 41.5 Å². The zero-order valence-electron chi connectivity index (χ0n) is 10.6. The first-order valence-corrected chi connectivity index (χ1v) is 7.62. The van der Waals surface area contributed by atoms with Crippen molar-refractivity contribution in [1.29, 1.82) is 0 Å². The van der Waals surface area contributed by atoms with Gasteiger partial charge >= 0.3 is 0 Å². The summed E-state index contributed by atoms with van der Waals surface area (Å²) < 4.78 is 6.21. The van der Waals surface area contributed by atoms with Gasteiger partial charge in [0.25, 0.3) is 0 Å². The summed E-state index contributed by atoms with van der Waals surface area (Å²) in [5.41, 5.74) is 2.11. The van der Waals surface area contributed by atoms with Crippen molar-refractivity contribution in [2.45, 2.75) is 12.6 Å². The van der Waals surface area contributed by atoms with E-state index < -0.39 is 6.10 Å². The minimum absolute atomic E-state index is 0.506. The number of halogens is 1. The highest BCUT2D eigenvalue weighted by atomic mass is 79.9. The highest BCUT2D eigenvalue weighted by Crippen LogP contribution is 2.21. The van der Waals surface area contributed by atoms with Gasteiger partial charge in [-0.3, -0.25) is 0 Å². The van der Waals surface area contributed by atoms with Crippen LogP contribution in [0.25, 0.3) is 0 Å². The predicted octanol–water partition coefficient (Wildman–Crippen LogP) is 3.34. The van der Waals surface area contributed by atoms with Crippen LogP contribution in [0.15, 0.2) is 39.5 Å². The zero-order chi connectivity index (χ0) is 13.7. The summed E-state index contributed by atoms with van der Waals surface area (Å²) in [6, 6.07) is 9.55. The van der Waals surface area contributed by atoms with Crippen LogP contribution in [0.3, 0.4) is 0 Å². The van der Waals surface area contributed by atoms with E-state index in [0.717, 1.165) is 21.6 Å². The minimum atomic E-state index is -0.506. The summed E-state index contributed by atoms with van der Waals surface area (Å²) in [4.78, 5) is 0. The lowest BCUT2D eigenvalue weighted by molar-refractivity contribution is 0.174. The quantitative estimate of drug-likeness (QED) is 0.846. The van der Waals surface area contributed by atoms with Crippen LogP contribution in [-0.4, -0.2) is 18.8 Å². The summed E-state index contributed by atoms with van der Waals surface area (Å²) in [5.74, 6) is 0.798. The average Bonchev–Trinajstić information content (AvgIpc) is 2.84. The van der Waals surface area contributed by atoms with Crippen molar-refractivity contribution >= 4 is 27.3 Å². The Hall–Kier alpha value is -0.880. The lowest BCUT2D eigenvalue weighted by atomic mass is 10.1. The number of nitrogens with one attached hydrogen (secondary N) is 1. The summed E-state index contributed by atoms with van der Waals surface area (Å²) in [6.45, 7) is 1.29. The molecule has 19 heavy (non-hydrogen) atoms. The van der Waals surface area contributed by atoms with Gasteiger partial charge in [0, 0.05) is 13.1 Å². The SMILES string of the molecule is COc1ccc(C(O)CNCc2csc(Br)c2)cc1. The number of thiophene rings is 1. The molecule has 2 rings (SSSR count). The largest absolute Gasteiger partial charge is 0.497 e. The van der Waals surface area contributed by atoms with Crippen molar-refractivity contribution in [3.8, 4) is 5.75 Å². The molecule has 3 nitrogen and oxygen atoms in total. The third-order valence-electron chi connectivity index (χ3n) is 2.79. The molecule has 1 atom stereocenters. The molecule has 0 aliphatic rings. The van der Waals surface area contributed by atoms with Gasteiger partial charge in [0.05, 0.1) is 17.0 Å². The van der Waals surface area contributed by atoms with Crippen LogP contribution in [0.2, 0.25) is 0 Å². The fourth-order valence-corrected chi connectivity index (χ4v) is 2.94. The lowest BCUT2D eigenvalue weighted by Crippen LogP contribution is -2.20. The van der Waals surface area contributed by atoms with Crippen molar-refractivity contribution in [3.63, 3.8) is 0 Å². The number of hydrogen-bond acceptors (Lipinski definition) is 4. The van der Waals surface area contributed by atoms with Gasteiger partial charge in [-0.2, -0.15) is 0 Å². The Labute approximate surface area is 125 Å². The van der Waals surface area contributed by atoms with E-state index in [9.17, 15) is 5.11 Å². The Balaban J connectivity index is 1.81. The van der Waals surface area contributed by atoms with Crippen molar-refractivity contribution < 1.29 is 9.84 Å². The van der Waals surface area contributed by atoms with Crippen LogP contribution in [0.1, 0.15) is 17.2 Å².